The molecule has 2 unspecified atom stereocenters. The normalized spacial score (nSPS) is 26.0. The van der Waals surface area contributed by atoms with Gasteiger partial charge in [-0.3, -0.25) is 10.1 Å². The van der Waals surface area contributed by atoms with Gasteiger partial charge in [-0.25, -0.2) is 0 Å². The molecule has 1 heterocycles. The van der Waals surface area contributed by atoms with Crippen LogP contribution in [0.3, 0.4) is 0 Å². The first-order valence-electron chi connectivity index (χ1n) is 7.34. The van der Waals surface area contributed by atoms with Gasteiger partial charge in [-0.05, 0) is 31.4 Å². The van der Waals surface area contributed by atoms with Crippen LogP contribution in [0.25, 0.3) is 5.57 Å². The van der Waals surface area contributed by atoms with E-state index in [-0.39, 0.29) is 36.2 Å². The number of nitro groups is 1. The molecule has 0 radical (unpaired) electrons. The second-order valence-corrected chi connectivity index (χ2v) is 6.13. The lowest BCUT2D eigenvalue weighted by Crippen LogP contribution is -2.47. The first-order valence-corrected chi connectivity index (χ1v) is 7.34. The van der Waals surface area contributed by atoms with Crippen molar-refractivity contribution in [3.8, 4) is 5.75 Å². The maximum absolute atomic E-state index is 11.4. The van der Waals surface area contributed by atoms with Gasteiger partial charge in [0.25, 0.3) is 5.69 Å². The SMILES string of the molecule is CC1=CCC2c3c(c(C)cc([N+](=O)[O-])c31)OCC2(O)CCO. The third kappa shape index (κ3) is 2.02. The molecule has 2 atom stereocenters. The molecule has 1 aliphatic carbocycles. The molecule has 118 valence electrons. The van der Waals surface area contributed by atoms with Gasteiger partial charge in [0.05, 0.1) is 10.5 Å². The van der Waals surface area contributed by atoms with E-state index in [9.17, 15) is 20.3 Å². The topological polar surface area (TPSA) is 92.8 Å². The van der Waals surface area contributed by atoms with E-state index in [0.29, 0.717) is 28.9 Å². The molecule has 0 spiro atoms. The Morgan fingerprint density at radius 1 is 1.50 bits per heavy atom. The number of aryl methyl sites for hydroxylation is 1. The number of allylic oxidation sites excluding steroid dienone is 2. The Labute approximate surface area is 128 Å². The van der Waals surface area contributed by atoms with Crippen molar-refractivity contribution in [2.45, 2.75) is 38.2 Å². The number of benzene rings is 1. The lowest BCUT2D eigenvalue weighted by Gasteiger charge is -2.43. The number of aliphatic hydroxyl groups is 2. The van der Waals surface area contributed by atoms with Crippen LogP contribution in [0.5, 0.6) is 5.75 Å². The van der Waals surface area contributed by atoms with Crippen LogP contribution in [0.4, 0.5) is 5.69 Å². The molecule has 0 saturated heterocycles. The van der Waals surface area contributed by atoms with E-state index in [0.717, 1.165) is 5.57 Å². The number of ether oxygens (including phenoxy) is 1. The third-order valence-corrected chi connectivity index (χ3v) is 4.74. The van der Waals surface area contributed by atoms with Crippen LogP contribution in [0.15, 0.2) is 12.1 Å². The van der Waals surface area contributed by atoms with E-state index in [1.54, 1.807) is 6.92 Å². The Hall–Kier alpha value is -1.92. The first kappa shape index (κ1) is 15.0. The number of rotatable bonds is 3. The maximum Gasteiger partial charge on any atom is 0.277 e. The summed E-state index contributed by atoms with van der Waals surface area (Å²) in [6, 6.07) is 1.53. The van der Waals surface area contributed by atoms with Gasteiger partial charge in [0.1, 0.15) is 18.0 Å². The van der Waals surface area contributed by atoms with Crippen molar-refractivity contribution in [2.75, 3.05) is 13.2 Å². The van der Waals surface area contributed by atoms with Gasteiger partial charge in [0.15, 0.2) is 0 Å². The average Bonchev–Trinajstić information content (AvgIpc) is 2.45. The fraction of sp³-hybridized carbons (Fsp3) is 0.500. The van der Waals surface area contributed by atoms with Gasteiger partial charge < -0.3 is 14.9 Å². The van der Waals surface area contributed by atoms with Crippen molar-refractivity contribution in [3.05, 3.63) is 38.9 Å². The summed E-state index contributed by atoms with van der Waals surface area (Å²) in [6.07, 6.45) is 2.70. The highest BCUT2D eigenvalue weighted by Crippen LogP contribution is 2.52. The summed E-state index contributed by atoms with van der Waals surface area (Å²) in [5.41, 5.74) is 1.65. The lowest BCUT2D eigenvalue weighted by atomic mass is 9.70. The standard InChI is InChI=1S/C16H19NO5/c1-9-3-4-11-14-13(9)12(17(20)21)7-10(2)15(14)22-8-16(11,19)5-6-18/h3,7,11,18-19H,4-6,8H2,1-2H3. The summed E-state index contributed by atoms with van der Waals surface area (Å²) >= 11 is 0. The Balaban J connectivity index is 2.28. The highest BCUT2D eigenvalue weighted by Gasteiger charge is 2.47. The predicted molar refractivity (Wildman–Crippen MR) is 81.0 cm³/mol. The van der Waals surface area contributed by atoms with Crippen molar-refractivity contribution in [3.63, 3.8) is 0 Å². The van der Waals surface area contributed by atoms with Crippen LogP contribution in [-0.4, -0.2) is 34.0 Å². The van der Waals surface area contributed by atoms with Gasteiger partial charge in [-0.1, -0.05) is 6.08 Å². The van der Waals surface area contributed by atoms with Gasteiger partial charge >= 0.3 is 0 Å². The Morgan fingerprint density at radius 2 is 2.23 bits per heavy atom. The number of nitro benzene ring substituents is 1. The zero-order valence-electron chi connectivity index (χ0n) is 12.6. The van der Waals surface area contributed by atoms with E-state index < -0.39 is 5.60 Å². The maximum atomic E-state index is 11.4. The number of nitrogens with zero attached hydrogens (tertiary/aromatic N) is 1. The predicted octanol–water partition coefficient (Wildman–Crippen LogP) is 2.30. The molecule has 1 aromatic carbocycles. The van der Waals surface area contributed by atoms with Crippen molar-refractivity contribution in [1.29, 1.82) is 0 Å². The number of hydrogen-bond donors (Lipinski definition) is 2. The minimum absolute atomic E-state index is 0.0477. The number of hydrogen-bond acceptors (Lipinski definition) is 5. The van der Waals surface area contributed by atoms with Gasteiger partial charge in [0, 0.05) is 30.6 Å². The molecule has 0 aromatic heterocycles. The van der Waals surface area contributed by atoms with Crippen LogP contribution in [0.1, 0.15) is 42.4 Å². The van der Waals surface area contributed by atoms with Crippen LogP contribution < -0.4 is 4.74 Å². The second kappa shape index (κ2) is 5.07. The van der Waals surface area contributed by atoms with E-state index in [4.69, 9.17) is 4.74 Å². The summed E-state index contributed by atoms with van der Waals surface area (Å²) in [6.45, 7) is 3.56. The van der Waals surface area contributed by atoms with E-state index in [1.165, 1.54) is 6.07 Å². The minimum Gasteiger partial charge on any atom is -0.490 e. The Kier molecular flexibility index (Phi) is 3.45. The average molecular weight is 305 g/mol. The van der Waals surface area contributed by atoms with Gasteiger partial charge in [0.2, 0.25) is 0 Å². The molecule has 2 N–H and O–H groups in total. The van der Waals surface area contributed by atoms with E-state index >= 15 is 0 Å². The summed E-state index contributed by atoms with van der Waals surface area (Å²) in [4.78, 5) is 11.0. The molecule has 1 aliphatic heterocycles. The summed E-state index contributed by atoms with van der Waals surface area (Å²) in [7, 11) is 0. The fourth-order valence-corrected chi connectivity index (χ4v) is 3.63. The first-order chi connectivity index (χ1) is 10.4. The quantitative estimate of drug-likeness (QED) is 0.660. The minimum atomic E-state index is -1.20. The van der Waals surface area contributed by atoms with E-state index in [2.05, 4.69) is 0 Å². The highest BCUT2D eigenvalue weighted by molar-refractivity contribution is 5.80. The van der Waals surface area contributed by atoms with Crippen LogP contribution in [0, 0.1) is 17.0 Å². The van der Waals surface area contributed by atoms with Gasteiger partial charge in [-0.15, -0.1) is 0 Å². The van der Waals surface area contributed by atoms with Gasteiger partial charge in [-0.2, -0.15) is 0 Å². The van der Waals surface area contributed by atoms with E-state index in [1.807, 2.05) is 13.0 Å². The third-order valence-electron chi connectivity index (χ3n) is 4.74. The molecular formula is C16H19NO5. The Morgan fingerprint density at radius 3 is 2.86 bits per heavy atom. The second-order valence-electron chi connectivity index (χ2n) is 6.13. The van der Waals surface area contributed by atoms with Crippen LogP contribution in [0.2, 0.25) is 0 Å². The Bertz CT molecular complexity index is 682. The largest absolute Gasteiger partial charge is 0.490 e. The zero-order chi connectivity index (χ0) is 16.1. The molecule has 0 amide bonds. The monoisotopic (exact) mass is 305 g/mol. The number of aliphatic hydroxyl groups excluding tert-OH is 1. The molecule has 0 bridgehead atoms. The van der Waals surface area contributed by atoms with Crippen molar-refractivity contribution >= 4 is 11.3 Å². The summed E-state index contributed by atoms with van der Waals surface area (Å²) in [5, 5.41) is 31.5. The van der Waals surface area contributed by atoms with Crippen LogP contribution in [-0.2, 0) is 0 Å². The molecule has 1 aromatic rings. The summed E-state index contributed by atoms with van der Waals surface area (Å²) in [5.74, 6) is 0.348. The molecule has 0 fully saturated rings. The van der Waals surface area contributed by atoms with Crippen molar-refractivity contribution < 1.29 is 19.9 Å². The molecule has 6 nitrogen and oxygen atoms in total. The molecular weight excluding hydrogens is 286 g/mol. The molecule has 3 rings (SSSR count). The smallest absolute Gasteiger partial charge is 0.277 e. The molecule has 6 heteroatoms. The molecule has 0 saturated carbocycles. The highest BCUT2D eigenvalue weighted by atomic mass is 16.6. The van der Waals surface area contributed by atoms with Crippen molar-refractivity contribution in [2.24, 2.45) is 0 Å². The zero-order valence-corrected chi connectivity index (χ0v) is 12.6. The molecule has 22 heavy (non-hydrogen) atoms. The summed E-state index contributed by atoms with van der Waals surface area (Å²) < 4.78 is 5.74. The molecule has 2 aliphatic rings. The van der Waals surface area contributed by atoms with Crippen molar-refractivity contribution in [1.82, 2.24) is 0 Å². The lowest BCUT2D eigenvalue weighted by molar-refractivity contribution is -0.385. The van der Waals surface area contributed by atoms with Crippen LogP contribution >= 0.6 is 0 Å². The fourth-order valence-electron chi connectivity index (χ4n) is 3.63.